The van der Waals surface area contributed by atoms with Gasteiger partial charge in [0, 0.05) is 11.1 Å². The Labute approximate surface area is 109 Å². The summed E-state index contributed by atoms with van der Waals surface area (Å²) in [6.45, 7) is 1.58. The number of fused-ring (bicyclic) bond motifs is 1. The van der Waals surface area contributed by atoms with Gasteiger partial charge in [-0.05, 0) is 25.1 Å². The molecule has 3 heteroatoms. The molecular formula is C15H11NOS. The first-order chi connectivity index (χ1) is 8.74. The van der Waals surface area contributed by atoms with E-state index in [1.54, 1.807) is 18.3 Å². The molecule has 1 heterocycles. The zero-order valence-corrected chi connectivity index (χ0v) is 10.7. The van der Waals surface area contributed by atoms with E-state index in [0.717, 1.165) is 26.4 Å². The van der Waals surface area contributed by atoms with E-state index in [1.807, 2.05) is 48.5 Å². The minimum absolute atomic E-state index is 0.0894. The highest BCUT2D eigenvalue weighted by atomic mass is 32.1. The van der Waals surface area contributed by atoms with Crippen LogP contribution in [0.25, 0.3) is 20.8 Å². The van der Waals surface area contributed by atoms with Gasteiger partial charge in [-0.3, -0.25) is 4.79 Å². The third-order valence-corrected chi connectivity index (χ3v) is 3.88. The Morgan fingerprint density at radius 2 is 1.89 bits per heavy atom. The highest BCUT2D eigenvalue weighted by Crippen LogP contribution is 2.30. The predicted octanol–water partition coefficient (Wildman–Crippen LogP) is 4.17. The lowest BCUT2D eigenvalue weighted by molar-refractivity contribution is 0.101. The number of hydrogen-bond acceptors (Lipinski definition) is 3. The number of aromatic nitrogens is 1. The molecule has 2 aromatic carbocycles. The van der Waals surface area contributed by atoms with E-state index < -0.39 is 0 Å². The Balaban J connectivity index is 2.14. The molecule has 0 aliphatic heterocycles. The average Bonchev–Trinajstić information content (AvgIpc) is 2.82. The van der Waals surface area contributed by atoms with Crippen molar-refractivity contribution in [2.24, 2.45) is 0 Å². The highest BCUT2D eigenvalue weighted by Gasteiger charge is 2.07. The van der Waals surface area contributed by atoms with Crippen LogP contribution in [0.5, 0.6) is 0 Å². The summed E-state index contributed by atoms with van der Waals surface area (Å²) in [5.41, 5.74) is 2.80. The van der Waals surface area contributed by atoms with Crippen LogP contribution in [0.15, 0.2) is 48.5 Å². The van der Waals surface area contributed by atoms with Crippen molar-refractivity contribution in [2.75, 3.05) is 0 Å². The molecule has 88 valence electrons. The molecule has 2 nitrogen and oxygen atoms in total. The highest BCUT2D eigenvalue weighted by molar-refractivity contribution is 7.21. The molecule has 3 rings (SSSR count). The number of hydrogen-bond donors (Lipinski definition) is 0. The number of thiazole rings is 1. The molecule has 0 unspecified atom stereocenters. The molecule has 0 N–H and O–H groups in total. The second-order valence-corrected chi connectivity index (χ2v) is 5.15. The van der Waals surface area contributed by atoms with E-state index in [2.05, 4.69) is 4.98 Å². The summed E-state index contributed by atoms with van der Waals surface area (Å²) in [5, 5.41) is 0.992. The second-order valence-electron chi connectivity index (χ2n) is 4.12. The molecule has 0 aliphatic carbocycles. The first-order valence-electron chi connectivity index (χ1n) is 5.71. The van der Waals surface area contributed by atoms with E-state index in [-0.39, 0.29) is 5.78 Å². The van der Waals surface area contributed by atoms with Crippen LogP contribution in [0.3, 0.4) is 0 Å². The van der Waals surface area contributed by atoms with Gasteiger partial charge in [0.25, 0.3) is 0 Å². The summed E-state index contributed by atoms with van der Waals surface area (Å²) in [7, 11) is 0. The third-order valence-electron chi connectivity index (χ3n) is 2.82. The molecule has 0 bridgehead atoms. The van der Waals surface area contributed by atoms with Gasteiger partial charge in [-0.25, -0.2) is 4.98 Å². The number of Topliss-reactive ketones (excluding diaryl/α,β-unsaturated/α-hetero) is 1. The fraction of sp³-hybridized carbons (Fsp3) is 0.0667. The molecule has 0 atom stereocenters. The van der Waals surface area contributed by atoms with Crippen LogP contribution < -0.4 is 0 Å². The molecule has 0 spiro atoms. The monoisotopic (exact) mass is 253 g/mol. The second kappa shape index (κ2) is 4.35. The topological polar surface area (TPSA) is 30.0 Å². The molecule has 0 radical (unpaired) electrons. The van der Waals surface area contributed by atoms with Gasteiger partial charge in [-0.15, -0.1) is 11.3 Å². The summed E-state index contributed by atoms with van der Waals surface area (Å²) >= 11 is 1.62. The number of nitrogens with zero attached hydrogens (tertiary/aromatic N) is 1. The fourth-order valence-electron chi connectivity index (χ4n) is 1.85. The van der Waals surface area contributed by atoms with Crippen molar-refractivity contribution in [3.63, 3.8) is 0 Å². The van der Waals surface area contributed by atoms with Gasteiger partial charge in [-0.2, -0.15) is 0 Å². The van der Waals surface area contributed by atoms with Crippen molar-refractivity contribution in [3.8, 4) is 10.6 Å². The van der Waals surface area contributed by atoms with Crippen LogP contribution in [0.4, 0.5) is 0 Å². The van der Waals surface area contributed by atoms with Crippen molar-refractivity contribution in [2.45, 2.75) is 6.92 Å². The molecular weight excluding hydrogens is 242 g/mol. The number of carbonyl (C=O) groups is 1. The predicted molar refractivity (Wildman–Crippen MR) is 75.1 cm³/mol. The summed E-state index contributed by atoms with van der Waals surface area (Å²) in [6, 6.07) is 15.7. The first-order valence-corrected chi connectivity index (χ1v) is 6.52. The maximum absolute atomic E-state index is 11.4. The Hall–Kier alpha value is -2.00. The van der Waals surface area contributed by atoms with Gasteiger partial charge in [0.1, 0.15) is 5.01 Å². The molecule has 0 aliphatic rings. The summed E-state index contributed by atoms with van der Waals surface area (Å²) in [6.07, 6.45) is 0. The van der Waals surface area contributed by atoms with Crippen molar-refractivity contribution in [1.29, 1.82) is 0 Å². The third kappa shape index (κ3) is 1.93. The minimum atomic E-state index is 0.0894. The van der Waals surface area contributed by atoms with Gasteiger partial charge < -0.3 is 0 Å². The molecule has 1 aromatic heterocycles. The molecule has 0 saturated heterocycles. The Morgan fingerprint density at radius 1 is 1.11 bits per heavy atom. The molecule has 0 saturated carbocycles. The van der Waals surface area contributed by atoms with Gasteiger partial charge in [-0.1, -0.05) is 30.3 Å². The normalized spacial score (nSPS) is 10.7. The smallest absolute Gasteiger partial charge is 0.159 e. The van der Waals surface area contributed by atoms with Crippen molar-refractivity contribution >= 4 is 27.3 Å². The van der Waals surface area contributed by atoms with Gasteiger partial charge in [0.05, 0.1) is 10.2 Å². The van der Waals surface area contributed by atoms with Crippen molar-refractivity contribution in [1.82, 2.24) is 4.98 Å². The molecule has 0 amide bonds. The lowest BCUT2D eigenvalue weighted by Crippen LogP contribution is -1.89. The summed E-state index contributed by atoms with van der Waals surface area (Å²) in [5.74, 6) is 0.0894. The summed E-state index contributed by atoms with van der Waals surface area (Å²) in [4.78, 5) is 15.9. The summed E-state index contributed by atoms with van der Waals surface area (Å²) < 4.78 is 1.06. The van der Waals surface area contributed by atoms with Crippen molar-refractivity contribution < 1.29 is 4.79 Å². The van der Waals surface area contributed by atoms with Crippen LogP contribution in [0.1, 0.15) is 17.3 Å². The zero-order chi connectivity index (χ0) is 12.5. The van der Waals surface area contributed by atoms with E-state index in [1.165, 1.54) is 0 Å². The fourth-order valence-corrected chi connectivity index (χ4v) is 2.86. The van der Waals surface area contributed by atoms with Gasteiger partial charge >= 0.3 is 0 Å². The maximum atomic E-state index is 11.4. The van der Waals surface area contributed by atoms with Crippen LogP contribution in [0, 0.1) is 0 Å². The Morgan fingerprint density at radius 3 is 2.61 bits per heavy atom. The van der Waals surface area contributed by atoms with Crippen molar-refractivity contribution in [3.05, 3.63) is 54.1 Å². The largest absolute Gasteiger partial charge is 0.295 e. The molecule has 3 aromatic rings. The van der Waals surface area contributed by atoms with E-state index in [9.17, 15) is 4.79 Å². The zero-order valence-electron chi connectivity index (χ0n) is 9.88. The first kappa shape index (κ1) is 11.1. The van der Waals surface area contributed by atoms with E-state index in [0.29, 0.717) is 0 Å². The average molecular weight is 253 g/mol. The van der Waals surface area contributed by atoms with Crippen LogP contribution in [-0.4, -0.2) is 10.8 Å². The van der Waals surface area contributed by atoms with E-state index >= 15 is 0 Å². The molecule has 0 fully saturated rings. The maximum Gasteiger partial charge on any atom is 0.159 e. The van der Waals surface area contributed by atoms with Crippen LogP contribution in [0.2, 0.25) is 0 Å². The quantitative estimate of drug-likeness (QED) is 0.642. The van der Waals surface area contributed by atoms with E-state index in [4.69, 9.17) is 0 Å². The SMILES string of the molecule is CC(=O)c1ccc2nc(-c3ccccc3)sc2c1. The van der Waals surface area contributed by atoms with Crippen LogP contribution >= 0.6 is 11.3 Å². The minimum Gasteiger partial charge on any atom is -0.295 e. The lowest BCUT2D eigenvalue weighted by Gasteiger charge is -1.93. The standard InChI is InChI=1S/C15H11NOS/c1-10(17)12-7-8-13-14(9-12)18-15(16-13)11-5-3-2-4-6-11/h2-9H,1H3. The van der Waals surface area contributed by atoms with Gasteiger partial charge in [0.15, 0.2) is 5.78 Å². The number of benzene rings is 2. The van der Waals surface area contributed by atoms with Crippen LogP contribution in [-0.2, 0) is 0 Å². The molecule has 18 heavy (non-hydrogen) atoms. The Bertz CT molecular complexity index is 716. The lowest BCUT2D eigenvalue weighted by atomic mass is 10.1. The Kier molecular flexibility index (Phi) is 2.68. The number of carbonyl (C=O) groups excluding carboxylic acids is 1. The van der Waals surface area contributed by atoms with Gasteiger partial charge in [0.2, 0.25) is 0 Å². The number of ketones is 1. The number of rotatable bonds is 2.